The van der Waals surface area contributed by atoms with Crippen molar-refractivity contribution in [3.05, 3.63) is 17.7 Å². The van der Waals surface area contributed by atoms with E-state index in [0.29, 0.717) is 0 Å². The summed E-state index contributed by atoms with van der Waals surface area (Å²) in [6, 6.07) is 1.94. The molecule has 0 saturated heterocycles. The Morgan fingerprint density at radius 2 is 1.33 bits per heavy atom. The lowest BCUT2D eigenvalue weighted by Crippen LogP contribution is -2.10. The van der Waals surface area contributed by atoms with Crippen molar-refractivity contribution in [2.75, 3.05) is 0 Å². The smallest absolute Gasteiger partial charge is 0.248 e. The lowest BCUT2D eigenvalue weighted by molar-refractivity contribution is 0.0999. The number of nitrogens with two attached hydrogens (primary N) is 1. The van der Waals surface area contributed by atoms with E-state index in [1.165, 1.54) is 0 Å². The molecule has 8 nitrogen and oxygen atoms in total. The molecular formula is C7H13NO7. The van der Waals surface area contributed by atoms with Crippen molar-refractivity contribution >= 4 is 5.91 Å². The van der Waals surface area contributed by atoms with Crippen LogP contribution >= 0.6 is 0 Å². The predicted molar refractivity (Wildman–Crippen MR) is 50.8 cm³/mol. The Balaban J connectivity index is -0.000000480. The van der Waals surface area contributed by atoms with Gasteiger partial charge in [0.25, 0.3) is 0 Å². The van der Waals surface area contributed by atoms with Gasteiger partial charge in [-0.25, -0.2) is 0 Å². The predicted octanol–water partition coefficient (Wildman–Crippen LogP) is -2.57. The van der Waals surface area contributed by atoms with E-state index in [1.807, 2.05) is 0 Å². The molecule has 0 atom stereocenters. The lowest BCUT2D eigenvalue weighted by Gasteiger charge is -2.01. The third-order valence-electron chi connectivity index (χ3n) is 1.35. The number of phenols is 3. The van der Waals surface area contributed by atoms with Gasteiger partial charge < -0.3 is 37.5 Å². The summed E-state index contributed by atoms with van der Waals surface area (Å²) in [7, 11) is 0. The van der Waals surface area contributed by atoms with Crippen LogP contribution in [0.4, 0.5) is 0 Å². The highest BCUT2D eigenvalue weighted by atomic mass is 16.3. The molecule has 1 amide bonds. The van der Waals surface area contributed by atoms with Gasteiger partial charge in [-0.15, -0.1) is 0 Å². The summed E-state index contributed by atoms with van der Waals surface area (Å²) >= 11 is 0. The van der Waals surface area contributed by atoms with Crippen LogP contribution in [0.2, 0.25) is 0 Å². The Kier molecular flexibility index (Phi) is 8.01. The van der Waals surface area contributed by atoms with Crippen LogP contribution in [0.1, 0.15) is 10.4 Å². The first-order valence-corrected chi connectivity index (χ1v) is 3.07. The number of rotatable bonds is 1. The molecule has 15 heavy (non-hydrogen) atoms. The standard InChI is InChI=1S/C7H7NO4.3H2O/c8-7(12)3-1-4(9)6(11)5(10)2-3;;;/h1-2,9-11H,(H2,8,12);3*1H2. The van der Waals surface area contributed by atoms with Crippen molar-refractivity contribution in [1.29, 1.82) is 0 Å². The molecule has 0 bridgehead atoms. The minimum Gasteiger partial charge on any atom is -0.504 e. The Morgan fingerprint density at radius 3 is 1.60 bits per heavy atom. The first-order chi connectivity index (χ1) is 5.52. The maximum Gasteiger partial charge on any atom is 0.248 e. The van der Waals surface area contributed by atoms with Gasteiger partial charge in [0, 0.05) is 5.56 Å². The second-order valence-corrected chi connectivity index (χ2v) is 2.23. The number of benzene rings is 1. The van der Waals surface area contributed by atoms with Crippen molar-refractivity contribution in [3.63, 3.8) is 0 Å². The average molecular weight is 223 g/mol. The zero-order valence-corrected chi connectivity index (χ0v) is 7.48. The van der Waals surface area contributed by atoms with E-state index < -0.39 is 23.2 Å². The number of phenolic OH excluding ortho intramolecular Hbond substituents is 3. The van der Waals surface area contributed by atoms with E-state index in [-0.39, 0.29) is 22.0 Å². The second-order valence-electron chi connectivity index (χ2n) is 2.23. The molecule has 0 aliphatic heterocycles. The van der Waals surface area contributed by atoms with Gasteiger partial charge >= 0.3 is 0 Å². The summed E-state index contributed by atoms with van der Waals surface area (Å²) in [5, 5.41) is 26.7. The molecule has 0 unspecified atom stereocenters. The van der Waals surface area contributed by atoms with Crippen LogP contribution in [0, 0.1) is 0 Å². The number of carbonyl (C=O) groups is 1. The molecule has 0 saturated carbocycles. The van der Waals surface area contributed by atoms with Crippen LogP contribution in [0.25, 0.3) is 0 Å². The van der Waals surface area contributed by atoms with Crippen LogP contribution in [0.15, 0.2) is 12.1 Å². The topological polar surface area (TPSA) is 198 Å². The number of carbonyl (C=O) groups excluding carboxylic acids is 1. The van der Waals surface area contributed by atoms with E-state index in [9.17, 15) is 4.79 Å². The van der Waals surface area contributed by atoms with Crippen LogP contribution in [-0.2, 0) is 0 Å². The molecule has 0 aliphatic rings. The van der Waals surface area contributed by atoms with Gasteiger partial charge in [0.1, 0.15) is 0 Å². The van der Waals surface area contributed by atoms with Crippen LogP contribution in [0.5, 0.6) is 17.2 Å². The highest BCUT2D eigenvalue weighted by Gasteiger charge is 2.10. The zero-order chi connectivity index (χ0) is 9.30. The fourth-order valence-corrected chi connectivity index (χ4v) is 0.746. The molecule has 1 aromatic carbocycles. The number of aromatic hydroxyl groups is 3. The van der Waals surface area contributed by atoms with Gasteiger partial charge in [-0.05, 0) is 12.1 Å². The van der Waals surface area contributed by atoms with Gasteiger partial charge in [0.2, 0.25) is 5.91 Å². The number of primary amides is 1. The summed E-state index contributed by atoms with van der Waals surface area (Å²) in [6.07, 6.45) is 0. The Bertz CT molecular complexity index is 315. The van der Waals surface area contributed by atoms with Gasteiger partial charge in [0.05, 0.1) is 0 Å². The second kappa shape index (κ2) is 6.43. The van der Waals surface area contributed by atoms with E-state index in [4.69, 9.17) is 21.1 Å². The summed E-state index contributed by atoms with van der Waals surface area (Å²) in [6.45, 7) is 0. The van der Waals surface area contributed by atoms with Crippen LogP contribution in [0.3, 0.4) is 0 Å². The molecule has 0 heterocycles. The highest BCUT2D eigenvalue weighted by molar-refractivity contribution is 5.94. The van der Waals surface area contributed by atoms with Gasteiger partial charge in [-0.3, -0.25) is 4.79 Å². The molecule has 0 fully saturated rings. The zero-order valence-electron chi connectivity index (χ0n) is 7.48. The largest absolute Gasteiger partial charge is 0.504 e. The SMILES string of the molecule is NC(=O)c1cc(O)c(O)c(O)c1.O.O.O. The maximum absolute atomic E-state index is 10.5. The number of amides is 1. The van der Waals surface area contributed by atoms with E-state index in [2.05, 4.69) is 0 Å². The molecule has 88 valence electrons. The average Bonchev–Trinajstić information content (AvgIpc) is 1.99. The minimum absolute atomic E-state index is 0. The summed E-state index contributed by atoms with van der Waals surface area (Å²) in [5.41, 5.74) is 4.79. The Morgan fingerprint density at radius 1 is 1.00 bits per heavy atom. The first kappa shape index (κ1) is 18.7. The number of hydrogen-bond acceptors (Lipinski definition) is 4. The third-order valence-corrected chi connectivity index (χ3v) is 1.35. The molecule has 0 aromatic heterocycles. The fraction of sp³-hybridized carbons (Fsp3) is 0. The summed E-state index contributed by atoms with van der Waals surface area (Å²) in [5.74, 6) is -2.62. The monoisotopic (exact) mass is 223 g/mol. The fourth-order valence-electron chi connectivity index (χ4n) is 0.746. The number of hydrogen-bond donors (Lipinski definition) is 4. The van der Waals surface area contributed by atoms with Crippen LogP contribution < -0.4 is 5.73 Å². The Hall–Kier alpha value is -2.03. The Labute approximate surface area is 84.1 Å². The molecule has 0 radical (unpaired) electrons. The van der Waals surface area contributed by atoms with Crippen molar-refractivity contribution in [2.45, 2.75) is 0 Å². The summed E-state index contributed by atoms with van der Waals surface area (Å²) < 4.78 is 0. The van der Waals surface area contributed by atoms with E-state index >= 15 is 0 Å². The molecule has 11 N–H and O–H groups in total. The van der Waals surface area contributed by atoms with Crippen molar-refractivity contribution in [3.8, 4) is 17.2 Å². The van der Waals surface area contributed by atoms with E-state index in [0.717, 1.165) is 12.1 Å². The maximum atomic E-state index is 10.5. The van der Waals surface area contributed by atoms with Crippen molar-refractivity contribution < 1.29 is 36.5 Å². The van der Waals surface area contributed by atoms with Gasteiger partial charge in [0.15, 0.2) is 17.2 Å². The summed E-state index contributed by atoms with van der Waals surface area (Å²) in [4.78, 5) is 10.5. The van der Waals surface area contributed by atoms with Crippen LogP contribution in [-0.4, -0.2) is 37.7 Å². The van der Waals surface area contributed by atoms with Gasteiger partial charge in [-0.2, -0.15) is 0 Å². The molecule has 0 aliphatic carbocycles. The lowest BCUT2D eigenvalue weighted by atomic mass is 10.2. The first-order valence-electron chi connectivity index (χ1n) is 3.07. The minimum atomic E-state index is -0.791. The van der Waals surface area contributed by atoms with Crippen molar-refractivity contribution in [2.24, 2.45) is 5.73 Å². The van der Waals surface area contributed by atoms with E-state index in [1.54, 1.807) is 0 Å². The quantitative estimate of drug-likeness (QED) is 0.379. The molecule has 1 aromatic rings. The molecule has 1 rings (SSSR count). The van der Waals surface area contributed by atoms with Gasteiger partial charge in [-0.1, -0.05) is 0 Å². The third kappa shape index (κ3) is 3.68. The molecule has 0 spiro atoms. The normalized spacial score (nSPS) is 7.73. The molecular weight excluding hydrogens is 210 g/mol. The molecule has 8 heteroatoms. The van der Waals surface area contributed by atoms with Crippen molar-refractivity contribution in [1.82, 2.24) is 0 Å². The highest BCUT2D eigenvalue weighted by Crippen LogP contribution is 2.34.